The topological polar surface area (TPSA) is 38.8 Å². The van der Waals surface area contributed by atoms with Gasteiger partial charge < -0.3 is 14.4 Å². The first kappa shape index (κ1) is 14.7. The van der Waals surface area contributed by atoms with Crippen LogP contribution in [0.5, 0.6) is 11.5 Å². The number of methoxy groups -OCH3 is 2. The summed E-state index contributed by atoms with van der Waals surface area (Å²) in [4.78, 5) is 14.2. The van der Waals surface area contributed by atoms with E-state index in [0.29, 0.717) is 6.54 Å². The van der Waals surface area contributed by atoms with E-state index >= 15 is 0 Å². The van der Waals surface area contributed by atoms with Crippen LogP contribution in [0.25, 0.3) is 0 Å². The highest BCUT2D eigenvalue weighted by Crippen LogP contribution is 2.34. The predicted molar refractivity (Wildman–Crippen MR) is 78.1 cm³/mol. The third kappa shape index (κ3) is 2.74. The van der Waals surface area contributed by atoms with E-state index in [-0.39, 0.29) is 11.8 Å². The fraction of sp³-hybridized carbons (Fsp3) is 0.562. The maximum absolute atomic E-state index is 12.4. The van der Waals surface area contributed by atoms with Gasteiger partial charge >= 0.3 is 0 Å². The largest absolute Gasteiger partial charge is 0.493 e. The highest BCUT2D eigenvalue weighted by molar-refractivity contribution is 5.79. The molecule has 4 nitrogen and oxygen atoms in total. The van der Waals surface area contributed by atoms with E-state index in [9.17, 15) is 4.79 Å². The van der Waals surface area contributed by atoms with Gasteiger partial charge in [0.05, 0.1) is 14.2 Å². The Morgan fingerprint density at radius 3 is 2.35 bits per heavy atom. The van der Waals surface area contributed by atoms with E-state index in [1.807, 2.05) is 24.1 Å². The Labute approximate surface area is 120 Å². The summed E-state index contributed by atoms with van der Waals surface area (Å²) in [5.74, 6) is 1.77. The molecule has 0 bridgehead atoms. The first-order chi connectivity index (χ1) is 9.60. The number of rotatable bonds is 4. The average molecular weight is 277 g/mol. The van der Waals surface area contributed by atoms with Crippen LogP contribution in [-0.4, -0.2) is 32.1 Å². The molecule has 20 heavy (non-hydrogen) atoms. The molecule has 1 aromatic rings. The van der Waals surface area contributed by atoms with Gasteiger partial charge in [-0.3, -0.25) is 4.79 Å². The summed E-state index contributed by atoms with van der Waals surface area (Å²) in [6.07, 6.45) is 2.73. The molecule has 0 N–H and O–H groups in total. The van der Waals surface area contributed by atoms with Crippen LogP contribution in [0.3, 0.4) is 0 Å². The van der Waals surface area contributed by atoms with E-state index < -0.39 is 0 Å². The van der Waals surface area contributed by atoms with Gasteiger partial charge in [-0.2, -0.15) is 0 Å². The van der Waals surface area contributed by atoms with Gasteiger partial charge in [0.1, 0.15) is 0 Å². The molecule has 0 spiro atoms. The number of ether oxygens (including phenoxy) is 2. The number of amides is 1. The zero-order chi connectivity index (χ0) is 14.7. The molecule has 0 fully saturated rings. The molecule has 1 aliphatic rings. The highest BCUT2D eigenvalue weighted by atomic mass is 16.5. The van der Waals surface area contributed by atoms with Crippen LogP contribution in [0.4, 0.5) is 0 Å². The first-order valence-electron chi connectivity index (χ1n) is 7.09. The van der Waals surface area contributed by atoms with Crippen LogP contribution in [0.15, 0.2) is 12.1 Å². The summed E-state index contributed by atoms with van der Waals surface area (Å²) < 4.78 is 10.7. The van der Waals surface area contributed by atoms with Crippen LogP contribution in [0.1, 0.15) is 30.9 Å². The maximum Gasteiger partial charge on any atom is 0.226 e. The third-order valence-corrected chi connectivity index (χ3v) is 3.94. The maximum atomic E-state index is 12.4. The molecule has 1 heterocycles. The molecule has 1 unspecified atom stereocenters. The van der Waals surface area contributed by atoms with Crippen molar-refractivity contribution in [3.8, 4) is 11.5 Å². The molecular weight excluding hydrogens is 254 g/mol. The van der Waals surface area contributed by atoms with Crippen molar-refractivity contribution >= 4 is 5.91 Å². The number of carbonyl (C=O) groups is 1. The zero-order valence-corrected chi connectivity index (χ0v) is 12.7. The SMILES string of the molecule is CCCC1Cc2cc(OC)c(OC)cc2CN(C)C1=O. The number of carbonyl (C=O) groups excluding carboxylic acids is 1. The van der Waals surface area contributed by atoms with Crippen molar-refractivity contribution in [3.05, 3.63) is 23.3 Å². The normalized spacial score (nSPS) is 18.5. The molecule has 0 radical (unpaired) electrons. The number of fused-ring (bicyclic) bond motifs is 1. The van der Waals surface area contributed by atoms with Crippen LogP contribution < -0.4 is 9.47 Å². The summed E-state index contributed by atoms with van der Waals surface area (Å²) in [5.41, 5.74) is 2.34. The van der Waals surface area contributed by atoms with Gasteiger partial charge in [-0.25, -0.2) is 0 Å². The summed E-state index contributed by atoms with van der Waals surface area (Å²) in [6, 6.07) is 4.01. The van der Waals surface area contributed by atoms with E-state index in [1.165, 1.54) is 5.56 Å². The molecule has 0 aromatic heterocycles. The molecule has 1 atom stereocenters. The summed E-state index contributed by atoms with van der Waals surface area (Å²) in [6.45, 7) is 2.75. The van der Waals surface area contributed by atoms with Crippen molar-refractivity contribution < 1.29 is 14.3 Å². The van der Waals surface area contributed by atoms with E-state index in [1.54, 1.807) is 14.2 Å². The van der Waals surface area contributed by atoms with Crippen molar-refractivity contribution in [2.24, 2.45) is 5.92 Å². The van der Waals surface area contributed by atoms with Crippen molar-refractivity contribution in [1.82, 2.24) is 4.90 Å². The van der Waals surface area contributed by atoms with Crippen molar-refractivity contribution in [2.75, 3.05) is 21.3 Å². The predicted octanol–water partition coefficient (Wildman–Crippen LogP) is 2.63. The molecule has 1 aromatic carbocycles. The Hall–Kier alpha value is -1.71. The Kier molecular flexibility index (Phi) is 4.53. The second kappa shape index (κ2) is 6.16. The third-order valence-electron chi connectivity index (χ3n) is 3.94. The zero-order valence-electron chi connectivity index (χ0n) is 12.7. The lowest BCUT2D eigenvalue weighted by molar-refractivity contribution is -0.134. The smallest absolute Gasteiger partial charge is 0.226 e. The molecule has 4 heteroatoms. The van der Waals surface area contributed by atoms with Crippen LogP contribution in [0.2, 0.25) is 0 Å². The minimum Gasteiger partial charge on any atom is -0.493 e. The Morgan fingerprint density at radius 1 is 1.20 bits per heavy atom. The number of benzene rings is 1. The average Bonchev–Trinajstić information content (AvgIpc) is 2.56. The minimum absolute atomic E-state index is 0.0735. The van der Waals surface area contributed by atoms with Crippen molar-refractivity contribution in [2.45, 2.75) is 32.7 Å². The van der Waals surface area contributed by atoms with E-state index in [4.69, 9.17) is 9.47 Å². The lowest BCUT2D eigenvalue weighted by Gasteiger charge is -2.19. The minimum atomic E-state index is 0.0735. The summed E-state index contributed by atoms with van der Waals surface area (Å²) in [5, 5.41) is 0. The van der Waals surface area contributed by atoms with Gasteiger partial charge in [-0.1, -0.05) is 13.3 Å². The Bertz CT molecular complexity index is 499. The monoisotopic (exact) mass is 277 g/mol. The second-order valence-corrected chi connectivity index (χ2v) is 5.36. The highest BCUT2D eigenvalue weighted by Gasteiger charge is 2.27. The van der Waals surface area contributed by atoms with Gasteiger partial charge in [-0.15, -0.1) is 0 Å². The number of nitrogens with zero attached hydrogens (tertiary/aromatic N) is 1. The Balaban J connectivity index is 2.42. The fourth-order valence-corrected chi connectivity index (χ4v) is 2.87. The summed E-state index contributed by atoms with van der Waals surface area (Å²) >= 11 is 0. The molecule has 1 amide bonds. The Morgan fingerprint density at radius 2 is 1.80 bits per heavy atom. The fourth-order valence-electron chi connectivity index (χ4n) is 2.87. The van der Waals surface area contributed by atoms with Gasteiger partial charge in [0.25, 0.3) is 0 Å². The standard InChI is InChI=1S/C16H23NO3/c1-5-6-11-7-12-8-14(19-3)15(20-4)9-13(12)10-17(2)16(11)18/h8-9,11H,5-7,10H2,1-4H3. The van der Waals surface area contributed by atoms with Crippen molar-refractivity contribution in [1.29, 1.82) is 0 Å². The number of hydrogen-bond acceptors (Lipinski definition) is 3. The van der Waals surface area contributed by atoms with Gasteiger partial charge in [0.2, 0.25) is 5.91 Å². The molecule has 0 saturated heterocycles. The van der Waals surface area contributed by atoms with Crippen LogP contribution in [0, 0.1) is 5.92 Å². The molecular formula is C16H23NO3. The molecule has 1 aliphatic heterocycles. The van der Waals surface area contributed by atoms with Gasteiger partial charge in [-0.05, 0) is 36.1 Å². The van der Waals surface area contributed by atoms with Gasteiger partial charge in [0, 0.05) is 19.5 Å². The van der Waals surface area contributed by atoms with Crippen LogP contribution >= 0.6 is 0 Å². The van der Waals surface area contributed by atoms with Crippen LogP contribution in [-0.2, 0) is 17.8 Å². The van der Waals surface area contributed by atoms with Crippen molar-refractivity contribution in [3.63, 3.8) is 0 Å². The van der Waals surface area contributed by atoms with E-state index in [0.717, 1.165) is 36.3 Å². The molecule has 2 rings (SSSR count). The molecule has 0 saturated carbocycles. The lowest BCUT2D eigenvalue weighted by Crippen LogP contribution is -2.31. The quantitative estimate of drug-likeness (QED) is 0.849. The lowest BCUT2D eigenvalue weighted by atomic mass is 9.93. The van der Waals surface area contributed by atoms with Gasteiger partial charge in [0.15, 0.2) is 11.5 Å². The van der Waals surface area contributed by atoms with E-state index in [2.05, 4.69) is 6.92 Å². The first-order valence-corrected chi connectivity index (χ1v) is 7.09. The summed E-state index contributed by atoms with van der Waals surface area (Å²) in [7, 11) is 5.15. The molecule has 110 valence electrons. The molecule has 0 aliphatic carbocycles. The second-order valence-electron chi connectivity index (χ2n) is 5.36. The number of hydrogen-bond donors (Lipinski definition) is 0.